The number of likely N-dealkylation sites (tertiary alicyclic amines) is 1. The summed E-state index contributed by atoms with van der Waals surface area (Å²) in [6.07, 6.45) is 2.18. The molecule has 0 aromatic heterocycles. The van der Waals surface area contributed by atoms with Crippen molar-refractivity contribution < 1.29 is 9.53 Å². The van der Waals surface area contributed by atoms with Crippen LogP contribution in [0.1, 0.15) is 25.3 Å². The molecule has 29 heavy (non-hydrogen) atoms. The van der Waals surface area contributed by atoms with Gasteiger partial charge >= 0.3 is 6.03 Å². The predicted octanol–water partition coefficient (Wildman–Crippen LogP) is 1.70. The maximum Gasteiger partial charge on any atom is 0.321 e. The van der Waals surface area contributed by atoms with Crippen LogP contribution in [0.4, 0.5) is 10.5 Å². The molecule has 2 amide bonds. The van der Waals surface area contributed by atoms with E-state index in [0.29, 0.717) is 6.54 Å². The van der Waals surface area contributed by atoms with Crippen LogP contribution < -0.4 is 16.0 Å². The van der Waals surface area contributed by atoms with Crippen LogP contribution in [0, 0.1) is 0 Å². The first kappa shape index (κ1) is 21.4. The fourth-order valence-corrected chi connectivity index (χ4v) is 3.54. The van der Waals surface area contributed by atoms with Crippen molar-refractivity contribution in [2.45, 2.75) is 26.3 Å². The molecule has 0 radical (unpaired) electrons. The smallest absolute Gasteiger partial charge is 0.321 e. The van der Waals surface area contributed by atoms with Crippen LogP contribution >= 0.6 is 0 Å². The summed E-state index contributed by atoms with van der Waals surface area (Å²) < 4.78 is 5.39. The van der Waals surface area contributed by atoms with Crippen molar-refractivity contribution in [2.24, 2.45) is 4.99 Å². The van der Waals surface area contributed by atoms with E-state index in [1.807, 2.05) is 29.2 Å². The summed E-state index contributed by atoms with van der Waals surface area (Å²) >= 11 is 0. The van der Waals surface area contributed by atoms with Gasteiger partial charge in [0.15, 0.2) is 5.96 Å². The van der Waals surface area contributed by atoms with Gasteiger partial charge in [-0.05, 0) is 37.5 Å². The first-order valence-electron chi connectivity index (χ1n) is 10.7. The highest BCUT2D eigenvalue weighted by Crippen LogP contribution is 2.14. The first-order chi connectivity index (χ1) is 14.2. The molecule has 0 spiro atoms. The number of carbonyl (C=O) groups is 1. The van der Waals surface area contributed by atoms with Gasteiger partial charge in [-0.25, -0.2) is 9.79 Å². The van der Waals surface area contributed by atoms with Gasteiger partial charge in [0.25, 0.3) is 0 Å². The monoisotopic (exact) mass is 402 g/mol. The molecule has 0 unspecified atom stereocenters. The average Bonchev–Trinajstić information content (AvgIpc) is 3.28. The molecule has 3 N–H and O–H groups in total. The Morgan fingerprint density at radius 3 is 2.69 bits per heavy atom. The Balaban J connectivity index is 1.49. The third-order valence-corrected chi connectivity index (χ3v) is 5.16. The normalized spacial score (nSPS) is 18.0. The standard InChI is InChI=1S/C21H34N6O2/c1-2-22-20(23-8-11-26-12-14-29-15-13-26)24-17-18-6-5-7-19(16-18)25-21(28)27-9-3-4-10-27/h5-7,16H,2-4,8-15,17H2,1H3,(H,25,28)(H2,22,23,24). The van der Waals surface area contributed by atoms with Gasteiger partial charge in [0, 0.05) is 51.5 Å². The second-order valence-corrected chi connectivity index (χ2v) is 7.40. The number of benzene rings is 1. The van der Waals surface area contributed by atoms with Crippen LogP contribution in [-0.4, -0.2) is 80.8 Å². The molecule has 160 valence electrons. The number of anilines is 1. The maximum absolute atomic E-state index is 12.3. The molecule has 0 atom stereocenters. The quantitative estimate of drug-likeness (QED) is 0.478. The number of morpholine rings is 1. The lowest BCUT2D eigenvalue weighted by Gasteiger charge is -2.26. The summed E-state index contributed by atoms with van der Waals surface area (Å²) in [5.41, 5.74) is 1.88. The van der Waals surface area contributed by atoms with E-state index in [1.165, 1.54) is 0 Å². The zero-order valence-corrected chi connectivity index (χ0v) is 17.5. The number of ether oxygens (including phenoxy) is 1. The summed E-state index contributed by atoms with van der Waals surface area (Å²) in [4.78, 5) is 21.2. The van der Waals surface area contributed by atoms with E-state index in [2.05, 4.69) is 27.8 Å². The molecule has 0 aliphatic carbocycles. The van der Waals surface area contributed by atoms with Crippen molar-refractivity contribution in [2.75, 3.05) is 64.3 Å². The Bertz CT molecular complexity index is 669. The van der Waals surface area contributed by atoms with Gasteiger partial charge in [0.2, 0.25) is 0 Å². The summed E-state index contributed by atoms with van der Waals surface area (Å²) in [6, 6.07) is 7.90. The number of hydrogen-bond acceptors (Lipinski definition) is 4. The van der Waals surface area contributed by atoms with Gasteiger partial charge in [0.05, 0.1) is 19.8 Å². The number of urea groups is 1. The molecule has 2 heterocycles. The topological polar surface area (TPSA) is 81.2 Å². The first-order valence-corrected chi connectivity index (χ1v) is 10.7. The SMILES string of the molecule is CCNC(=NCc1cccc(NC(=O)N2CCCC2)c1)NCCN1CCOCC1. The third kappa shape index (κ3) is 7.21. The minimum Gasteiger partial charge on any atom is -0.379 e. The van der Waals surface area contributed by atoms with E-state index >= 15 is 0 Å². The molecule has 1 aromatic carbocycles. The van der Waals surface area contributed by atoms with Gasteiger partial charge in [-0.1, -0.05) is 12.1 Å². The Kier molecular flexibility index (Phi) is 8.58. The van der Waals surface area contributed by atoms with E-state index < -0.39 is 0 Å². The molecule has 8 nitrogen and oxygen atoms in total. The van der Waals surface area contributed by atoms with E-state index in [9.17, 15) is 4.79 Å². The fourth-order valence-electron chi connectivity index (χ4n) is 3.54. The number of nitrogens with one attached hydrogen (secondary N) is 3. The van der Waals surface area contributed by atoms with Crippen LogP contribution in [-0.2, 0) is 11.3 Å². The Morgan fingerprint density at radius 1 is 1.14 bits per heavy atom. The minimum atomic E-state index is -0.0127. The molecule has 8 heteroatoms. The van der Waals surface area contributed by atoms with E-state index in [0.717, 1.165) is 89.1 Å². The number of guanidine groups is 1. The van der Waals surface area contributed by atoms with Gasteiger partial charge in [-0.15, -0.1) is 0 Å². The highest BCUT2D eigenvalue weighted by Gasteiger charge is 2.17. The van der Waals surface area contributed by atoms with E-state index in [-0.39, 0.29) is 6.03 Å². The molecular weight excluding hydrogens is 368 g/mol. The van der Waals surface area contributed by atoms with Crippen molar-refractivity contribution in [1.82, 2.24) is 20.4 Å². The molecule has 3 rings (SSSR count). The van der Waals surface area contributed by atoms with E-state index in [4.69, 9.17) is 9.73 Å². The Labute approximate surface area is 173 Å². The lowest BCUT2D eigenvalue weighted by Crippen LogP contribution is -2.44. The van der Waals surface area contributed by atoms with Crippen molar-refractivity contribution >= 4 is 17.7 Å². The second-order valence-electron chi connectivity index (χ2n) is 7.40. The third-order valence-electron chi connectivity index (χ3n) is 5.16. The number of hydrogen-bond donors (Lipinski definition) is 3. The van der Waals surface area contributed by atoms with Crippen molar-refractivity contribution in [3.63, 3.8) is 0 Å². The Hall–Kier alpha value is -2.32. The van der Waals surface area contributed by atoms with Gasteiger partial charge in [-0.2, -0.15) is 0 Å². The van der Waals surface area contributed by atoms with Gasteiger partial charge < -0.3 is 25.6 Å². The zero-order valence-electron chi connectivity index (χ0n) is 17.5. The van der Waals surface area contributed by atoms with E-state index in [1.54, 1.807) is 0 Å². The van der Waals surface area contributed by atoms with Crippen molar-refractivity contribution in [3.8, 4) is 0 Å². The van der Waals surface area contributed by atoms with Crippen LogP contribution in [0.2, 0.25) is 0 Å². The lowest BCUT2D eigenvalue weighted by atomic mass is 10.2. The number of nitrogens with zero attached hydrogens (tertiary/aromatic N) is 3. The van der Waals surface area contributed by atoms with Crippen LogP contribution in [0.5, 0.6) is 0 Å². The molecule has 0 saturated carbocycles. The minimum absolute atomic E-state index is 0.0127. The molecule has 2 aliphatic rings. The molecule has 1 aromatic rings. The Morgan fingerprint density at radius 2 is 1.93 bits per heavy atom. The maximum atomic E-state index is 12.3. The van der Waals surface area contributed by atoms with Crippen molar-refractivity contribution in [1.29, 1.82) is 0 Å². The fraction of sp³-hybridized carbons (Fsp3) is 0.619. The second kappa shape index (κ2) is 11.6. The molecule has 2 saturated heterocycles. The van der Waals surface area contributed by atoms with Crippen LogP contribution in [0.15, 0.2) is 29.3 Å². The van der Waals surface area contributed by atoms with Crippen molar-refractivity contribution in [3.05, 3.63) is 29.8 Å². The summed E-state index contributed by atoms with van der Waals surface area (Å²) in [5, 5.41) is 9.70. The van der Waals surface area contributed by atoms with Gasteiger partial charge in [-0.3, -0.25) is 4.90 Å². The summed E-state index contributed by atoms with van der Waals surface area (Å²) in [5.74, 6) is 0.812. The van der Waals surface area contributed by atoms with Crippen LogP contribution in [0.25, 0.3) is 0 Å². The van der Waals surface area contributed by atoms with Crippen LogP contribution in [0.3, 0.4) is 0 Å². The molecule has 2 aliphatic heterocycles. The highest BCUT2D eigenvalue weighted by atomic mass is 16.5. The molecule has 0 bridgehead atoms. The molecular formula is C21H34N6O2. The number of amides is 2. The lowest BCUT2D eigenvalue weighted by molar-refractivity contribution is 0.0389. The predicted molar refractivity (Wildman–Crippen MR) is 116 cm³/mol. The number of aliphatic imine (C=N–C) groups is 1. The average molecular weight is 403 g/mol. The number of rotatable bonds is 7. The molecule has 2 fully saturated rings. The van der Waals surface area contributed by atoms with Gasteiger partial charge in [0.1, 0.15) is 0 Å². The largest absolute Gasteiger partial charge is 0.379 e. The summed E-state index contributed by atoms with van der Waals surface area (Å²) in [6.45, 7) is 10.6. The highest BCUT2D eigenvalue weighted by molar-refractivity contribution is 5.89. The zero-order chi connectivity index (χ0) is 20.3. The summed E-state index contributed by atoms with van der Waals surface area (Å²) in [7, 11) is 0. The number of carbonyl (C=O) groups excluding carboxylic acids is 1.